The van der Waals surface area contributed by atoms with Crippen LogP contribution in [0.25, 0.3) is 0 Å². The molecule has 7 heteroatoms. The van der Waals surface area contributed by atoms with E-state index in [9.17, 15) is 13.6 Å². The molecule has 1 aromatic heterocycles. The number of carbonyl (C=O) groups excluding carboxylic acids is 1. The summed E-state index contributed by atoms with van der Waals surface area (Å²) in [5.74, 6) is -3.70. The van der Waals surface area contributed by atoms with Gasteiger partial charge in [0.1, 0.15) is 0 Å². The van der Waals surface area contributed by atoms with Crippen LogP contribution < -0.4 is 11.1 Å². The summed E-state index contributed by atoms with van der Waals surface area (Å²) in [6, 6.07) is 9.58. The molecule has 0 aliphatic carbocycles. The van der Waals surface area contributed by atoms with Crippen LogP contribution >= 0.6 is 0 Å². The minimum atomic E-state index is -3.10. The Kier molecular flexibility index (Phi) is 4.64. The molecule has 21 heavy (non-hydrogen) atoms. The van der Waals surface area contributed by atoms with E-state index in [0.717, 1.165) is 5.56 Å². The van der Waals surface area contributed by atoms with E-state index in [1.165, 1.54) is 12.4 Å². The summed E-state index contributed by atoms with van der Waals surface area (Å²) in [5.41, 5.74) is 6.17. The molecule has 1 aromatic carbocycles. The van der Waals surface area contributed by atoms with E-state index in [1.54, 1.807) is 4.68 Å². The molecule has 0 aliphatic rings. The molecular weight excluding hydrogens is 278 g/mol. The molecule has 0 saturated heterocycles. The van der Waals surface area contributed by atoms with E-state index in [1.807, 2.05) is 30.3 Å². The normalized spacial score (nSPS) is 11.4. The molecule has 5 nitrogen and oxygen atoms in total. The zero-order valence-corrected chi connectivity index (χ0v) is 11.3. The first-order chi connectivity index (χ1) is 10.00. The summed E-state index contributed by atoms with van der Waals surface area (Å²) < 4.78 is 27.5. The Morgan fingerprint density at radius 1 is 1.33 bits per heavy atom. The van der Waals surface area contributed by atoms with Crippen molar-refractivity contribution in [2.75, 3.05) is 13.1 Å². The van der Waals surface area contributed by atoms with E-state index in [4.69, 9.17) is 5.73 Å². The van der Waals surface area contributed by atoms with Crippen LogP contribution in [-0.2, 0) is 6.54 Å². The Morgan fingerprint density at radius 3 is 2.71 bits per heavy atom. The van der Waals surface area contributed by atoms with E-state index in [0.29, 0.717) is 6.54 Å². The van der Waals surface area contributed by atoms with Gasteiger partial charge in [0, 0.05) is 6.20 Å². The van der Waals surface area contributed by atoms with Crippen molar-refractivity contribution >= 4 is 5.91 Å². The zero-order valence-electron chi connectivity index (χ0n) is 11.3. The van der Waals surface area contributed by atoms with Gasteiger partial charge in [-0.25, -0.2) is 8.78 Å². The molecular formula is C14H16F2N4O. The van der Waals surface area contributed by atoms with E-state index >= 15 is 0 Å². The number of nitrogens with one attached hydrogen (secondary N) is 1. The first-order valence-corrected chi connectivity index (χ1v) is 6.43. The maximum atomic E-state index is 13.0. The van der Waals surface area contributed by atoms with E-state index in [-0.39, 0.29) is 5.56 Å². The van der Waals surface area contributed by atoms with Crippen molar-refractivity contribution in [1.82, 2.24) is 15.1 Å². The monoisotopic (exact) mass is 294 g/mol. The van der Waals surface area contributed by atoms with Crippen molar-refractivity contribution in [3.8, 4) is 0 Å². The fraction of sp³-hybridized carbons (Fsp3) is 0.286. The molecule has 2 rings (SSSR count). The lowest BCUT2D eigenvalue weighted by molar-refractivity contribution is 0.0118. The number of hydrogen-bond acceptors (Lipinski definition) is 3. The summed E-state index contributed by atoms with van der Waals surface area (Å²) >= 11 is 0. The number of amides is 1. The first-order valence-electron chi connectivity index (χ1n) is 6.43. The molecule has 0 saturated carbocycles. The predicted molar refractivity (Wildman–Crippen MR) is 74.1 cm³/mol. The highest BCUT2D eigenvalue weighted by atomic mass is 19.3. The number of rotatable bonds is 6. The molecule has 0 spiro atoms. The van der Waals surface area contributed by atoms with Crippen molar-refractivity contribution in [1.29, 1.82) is 0 Å². The Bertz CT molecular complexity index is 598. The lowest BCUT2D eigenvalue weighted by Gasteiger charge is -2.13. The van der Waals surface area contributed by atoms with Crippen LogP contribution in [-0.4, -0.2) is 34.7 Å². The average molecular weight is 294 g/mol. The van der Waals surface area contributed by atoms with Crippen molar-refractivity contribution in [2.24, 2.45) is 5.73 Å². The van der Waals surface area contributed by atoms with Crippen molar-refractivity contribution in [2.45, 2.75) is 12.5 Å². The van der Waals surface area contributed by atoms with Gasteiger partial charge in [0.05, 0.1) is 31.4 Å². The number of nitrogens with two attached hydrogens (primary N) is 1. The lowest BCUT2D eigenvalue weighted by atomic mass is 10.2. The molecule has 0 atom stereocenters. The van der Waals surface area contributed by atoms with Gasteiger partial charge in [-0.3, -0.25) is 9.48 Å². The summed E-state index contributed by atoms with van der Waals surface area (Å²) in [5, 5.41) is 6.19. The second kappa shape index (κ2) is 6.45. The van der Waals surface area contributed by atoms with Gasteiger partial charge in [-0.1, -0.05) is 30.3 Å². The molecule has 3 N–H and O–H groups in total. The third-order valence-corrected chi connectivity index (χ3v) is 2.89. The largest absolute Gasteiger partial charge is 0.346 e. The van der Waals surface area contributed by atoms with Crippen LogP contribution in [0, 0.1) is 0 Å². The van der Waals surface area contributed by atoms with E-state index < -0.39 is 24.9 Å². The number of carbonyl (C=O) groups is 1. The highest BCUT2D eigenvalue weighted by Gasteiger charge is 2.27. The molecule has 1 heterocycles. The smallest absolute Gasteiger partial charge is 0.277 e. The van der Waals surface area contributed by atoms with Crippen molar-refractivity contribution < 1.29 is 13.6 Å². The molecule has 0 bridgehead atoms. The number of aromatic nitrogens is 2. The van der Waals surface area contributed by atoms with Crippen LogP contribution in [0.4, 0.5) is 8.78 Å². The predicted octanol–water partition coefficient (Wildman–Crippen LogP) is 1.26. The number of benzene rings is 1. The second-order valence-electron chi connectivity index (χ2n) is 4.65. The summed E-state index contributed by atoms with van der Waals surface area (Å²) in [6.45, 7) is -1.08. The maximum Gasteiger partial charge on any atom is 0.277 e. The lowest BCUT2D eigenvalue weighted by Crippen LogP contribution is -2.41. The standard InChI is InChI=1S/C14H16F2N4O/c15-14(16,9-17)10-18-13(21)12-6-19-20(8-12)7-11-4-2-1-3-5-11/h1-6,8H,7,9-10,17H2,(H,18,21). The highest BCUT2D eigenvalue weighted by Crippen LogP contribution is 2.09. The van der Waals surface area contributed by atoms with Gasteiger partial charge in [0.25, 0.3) is 11.8 Å². The van der Waals surface area contributed by atoms with Gasteiger partial charge >= 0.3 is 0 Å². The molecule has 0 radical (unpaired) electrons. The Morgan fingerprint density at radius 2 is 2.05 bits per heavy atom. The van der Waals surface area contributed by atoms with Crippen LogP contribution in [0.1, 0.15) is 15.9 Å². The minimum Gasteiger partial charge on any atom is -0.346 e. The first kappa shape index (κ1) is 15.1. The fourth-order valence-electron chi connectivity index (χ4n) is 1.72. The Hall–Kier alpha value is -2.28. The molecule has 0 fully saturated rings. The van der Waals surface area contributed by atoms with Gasteiger partial charge in [0.2, 0.25) is 0 Å². The van der Waals surface area contributed by atoms with Gasteiger partial charge in [0.15, 0.2) is 0 Å². The van der Waals surface area contributed by atoms with Gasteiger partial charge in [-0.2, -0.15) is 5.10 Å². The fourth-order valence-corrected chi connectivity index (χ4v) is 1.72. The van der Waals surface area contributed by atoms with Gasteiger partial charge in [-0.15, -0.1) is 0 Å². The summed E-state index contributed by atoms with van der Waals surface area (Å²) in [6.07, 6.45) is 2.86. The van der Waals surface area contributed by atoms with Gasteiger partial charge in [-0.05, 0) is 5.56 Å². The maximum absolute atomic E-state index is 13.0. The van der Waals surface area contributed by atoms with Crippen LogP contribution in [0.3, 0.4) is 0 Å². The van der Waals surface area contributed by atoms with Gasteiger partial charge < -0.3 is 11.1 Å². The SMILES string of the molecule is NCC(F)(F)CNC(=O)c1cnn(Cc2ccccc2)c1. The molecule has 1 amide bonds. The Balaban J connectivity index is 1.95. The van der Waals surface area contributed by atoms with Crippen LogP contribution in [0.2, 0.25) is 0 Å². The number of halogens is 2. The molecule has 0 unspecified atom stereocenters. The van der Waals surface area contributed by atoms with Crippen molar-refractivity contribution in [3.63, 3.8) is 0 Å². The van der Waals surface area contributed by atoms with Crippen LogP contribution in [0.15, 0.2) is 42.7 Å². The van der Waals surface area contributed by atoms with E-state index in [2.05, 4.69) is 10.4 Å². The minimum absolute atomic E-state index is 0.235. The number of nitrogens with zero attached hydrogens (tertiary/aromatic N) is 2. The zero-order chi connectivity index (χ0) is 15.3. The molecule has 112 valence electrons. The quantitative estimate of drug-likeness (QED) is 0.842. The number of alkyl halides is 2. The highest BCUT2D eigenvalue weighted by molar-refractivity contribution is 5.93. The second-order valence-corrected chi connectivity index (χ2v) is 4.65. The summed E-state index contributed by atoms with van der Waals surface area (Å²) in [4.78, 5) is 11.7. The molecule has 0 aliphatic heterocycles. The third-order valence-electron chi connectivity index (χ3n) is 2.89. The summed E-state index contributed by atoms with van der Waals surface area (Å²) in [7, 11) is 0. The average Bonchev–Trinajstić information content (AvgIpc) is 2.94. The van der Waals surface area contributed by atoms with Crippen LogP contribution in [0.5, 0.6) is 0 Å². The number of hydrogen-bond donors (Lipinski definition) is 2. The topological polar surface area (TPSA) is 72.9 Å². The Labute approximate surface area is 120 Å². The third kappa shape index (κ3) is 4.35. The van der Waals surface area contributed by atoms with Crippen molar-refractivity contribution in [3.05, 3.63) is 53.9 Å². The molecule has 2 aromatic rings.